The minimum Gasteiger partial charge on any atom is -0.448 e. The van der Waals surface area contributed by atoms with Gasteiger partial charge in [0, 0.05) is 31.0 Å². The van der Waals surface area contributed by atoms with E-state index < -0.39 is 0 Å². The van der Waals surface area contributed by atoms with E-state index in [0.29, 0.717) is 25.1 Å². The molecule has 1 amide bonds. The zero-order valence-electron chi connectivity index (χ0n) is 18.7. The Bertz CT molecular complexity index is 1170. The Morgan fingerprint density at radius 1 is 0.970 bits per heavy atom. The Morgan fingerprint density at radius 3 is 2.15 bits per heavy atom. The van der Waals surface area contributed by atoms with Crippen LogP contribution in [0, 0.1) is 5.92 Å². The second kappa shape index (κ2) is 7.87. The molecule has 2 fully saturated rings. The molecule has 2 atom stereocenters. The van der Waals surface area contributed by atoms with E-state index in [9.17, 15) is 9.59 Å². The number of carbonyl (C=O) groups is 2. The third kappa shape index (κ3) is 3.27. The number of benzene rings is 2. The second-order valence-corrected chi connectivity index (χ2v) is 9.52. The van der Waals surface area contributed by atoms with Gasteiger partial charge in [0.05, 0.1) is 12.5 Å². The summed E-state index contributed by atoms with van der Waals surface area (Å²) in [6.45, 7) is 0.334. The zero-order valence-corrected chi connectivity index (χ0v) is 18.7. The van der Waals surface area contributed by atoms with Gasteiger partial charge in [-0.25, -0.2) is 9.78 Å². The van der Waals surface area contributed by atoms with Crippen molar-refractivity contribution >= 4 is 11.9 Å². The van der Waals surface area contributed by atoms with Crippen LogP contribution >= 0.6 is 0 Å². The smallest absolute Gasteiger partial charge is 0.410 e. The molecule has 3 aliphatic rings. The predicted octanol–water partition coefficient (Wildman–Crippen LogP) is 4.79. The van der Waals surface area contributed by atoms with Crippen LogP contribution in [0.2, 0.25) is 0 Å². The van der Waals surface area contributed by atoms with E-state index >= 15 is 0 Å². The van der Waals surface area contributed by atoms with Crippen molar-refractivity contribution in [2.75, 3.05) is 6.61 Å². The lowest BCUT2D eigenvalue weighted by Gasteiger charge is -2.37. The van der Waals surface area contributed by atoms with Gasteiger partial charge in [0.15, 0.2) is 5.78 Å². The fourth-order valence-corrected chi connectivity index (χ4v) is 6.16. The van der Waals surface area contributed by atoms with Crippen molar-refractivity contribution in [3.63, 3.8) is 0 Å². The number of Topliss-reactive ketones (excluding diaryl/α,β-unsaturated/α-hetero) is 1. The first-order chi connectivity index (χ1) is 16.1. The molecule has 0 N–H and O–H groups in total. The van der Waals surface area contributed by atoms with Crippen molar-refractivity contribution < 1.29 is 14.3 Å². The fourth-order valence-electron chi connectivity index (χ4n) is 6.16. The number of ketones is 1. The number of ether oxygens (including phenoxy) is 1. The van der Waals surface area contributed by atoms with E-state index in [-0.39, 0.29) is 35.8 Å². The van der Waals surface area contributed by atoms with Gasteiger partial charge in [0.1, 0.15) is 12.3 Å². The molecular formula is C27H27N3O3. The molecule has 2 aliphatic heterocycles. The number of aryl methyl sites for hydroxylation is 1. The van der Waals surface area contributed by atoms with Crippen LogP contribution < -0.4 is 0 Å². The number of imidazole rings is 1. The molecule has 6 heteroatoms. The predicted molar refractivity (Wildman–Crippen MR) is 124 cm³/mol. The number of hydrogen-bond donors (Lipinski definition) is 0. The van der Waals surface area contributed by atoms with Crippen LogP contribution in [0.4, 0.5) is 4.79 Å². The Morgan fingerprint density at radius 2 is 1.58 bits per heavy atom. The quantitative estimate of drug-likeness (QED) is 0.546. The van der Waals surface area contributed by atoms with Crippen LogP contribution in [-0.2, 0) is 11.8 Å². The maximum atomic E-state index is 13.2. The van der Waals surface area contributed by atoms with E-state index in [2.05, 4.69) is 41.4 Å². The third-order valence-electron chi connectivity index (χ3n) is 7.72. The number of fused-ring (bicyclic) bond motifs is 5. The first-order valence-corrected chi connectivity index (χ1v) is 11.8. The van der Waals surface area contributed by atoms with Gasteiger partial charge in [-0.3, -0.25) is 4.79 Å². The van der Waals surface area contributed by atoms with Crippen molar-refractivity contribution in [3.05, 3.63) is 77.9 Å². The highest BCUT2D eigenvalue weighted by molar-refractivity contribution is 5.96. The number of nitrogens with zero attached hydrogens (tertiary/aromatic N) is 3. The molecule has 1 aromatic heterocycles. The molecule has 6 rings (SSSR count). The van der Waals surface area contributed by atoms with Gasteiger partial charge in [0.2, 0.25) is 0 Å². The van der Waals surface area contributed by atoms with E-state index in [0.717, 1.165) is 12.8 Å². The lowest BCUT2D eigenvalue weighted by molar-refractivity contribution is 0.0503. The van der Waals surface area contributed by atoms with Gasteiger partial charge in [0.25, 0.3) is 0 Å². The monoisotopic (exact) mass is 441 g/mol. The summed E-state index contributed by atoms with van der Waals surface area (Å²) in [4.78, 5) is 32.2. The molecule has 0 radical (unpaired) electrons. The van der Waals surface area contributed by atoms with E-state index in [1.54, 1.807) is 17.1 Å². The van der Waals surface area contributed by atoms with Crippen molar-refractivity contribution in [2.45, 2.75) is 43.7 Å². The molecule has 3 aromatic rings. The molecule has 0 spiro atoms. The number of carbonyl (C=O) groups excluding carboxylic acids is 2. The molecule has 6 nitrogen and oxygen atoms in total. The summed E-state index contributed by atoms with van der Waals surface area (Å²) in [5.41, 5.74) is 5.53. The summed E-state index contributed by atoms with van der Waals surface area (Å²) >= 11 is 0. The minimum atomic E-state index is -0.240. The van der Waals surface area contributed by atoms with E-state index in [1.807, 2.05) is 24.1 Å². The largest absolute Gasteiger partial charge is 0.448 e. The van der Waals surface area contributed by atoms with Crippen molar-refractivity contribution in [1.29, 1.82) is 0 Å². The van der Waals surface area contributed by atoms with Crippen LogP contribution in [0.15, 0.2) is 61.1 Å². The first-order valence-electron chi connectivity index (χ1n) is 11.8. The number of amides is 1. The molecule has 2 saturated heterocycles. The molecule has 2 bridgehead atoms. The normalized spacial score (nSPS) is 23.3. The fraction of sp³-hybridized carbons (Fsp3) is 0.370. The van der Waals surface area contributed by atoms with E-state index in [1.165, 1.54) is 22.3 Å². The van der Waals surface area contributed by atoms with Gasteiger partial charge >= 0.3 is 6.09 Å². The van der Waals surface area contributed by atoms with Gasteiger partial charge in [-0.1, -0.05) is 48.5 Å². The standard InChI is InChI=1S/C27H27N3O3/c1-29-16-28-14-25(29)26(31)17-12-18-10-11-19(13-17)30(18)27(32)33-15-24-22-8-4-2-6-20(22)21-7-3-5-9-23(21)24/h2-9,14,16-19,24H,10-13,15H2,1H3. The summed E-state index contributed by atoms with van der Waals surface area (Å²) in [6, 6.07) is 16.9. The Kier molecular flexibility index (Phi) is 4.82. The van der Waals surface area contributed by atoms with Crippen molar-refractivity contribution in [3.8, 4) is 11.1 Å². The molecule has 168 valence electrons. The average molecular weight is 442 g/mol. The second-order valence-electron chi connectivity index (χ2n) is 9.52. The molecule has 2 unspecified atom stereocenters. The van der Waals surface area contributed by atoms with Gasteiger partial charge < -0.3 is 14.2 Å². The van der Waals surface area contributed by atoms with Crippen LogP contribution in [0.1, 0.15) is 53.2 Å². The molecule has 1 aliphatic carbocycles. The molecular weight excluding hydrogens is 414 g/mol. The number of piperidine rings is 1. The Hall–Kier alpha value is -3.41. The maximum Gasteiger partial charge on any atom is 0.410 e. The summed E-state index contributed by atoms with van der Waals surface area (Å²) in [5, 5.41) is 0. The highest BCUT2D eigenvalue weighted by Gasteiger charge is 2.46. The third-order valence-corrected chi connectivity index (χ3v) is 7.72. The highest BCUT2D eigenvalue weighted by atomic mass is 16.6. The number of aromatic nitrogens is 2. The number of rotatable bonds is 4. The van der Waals surface area contributed by atoms with Crippen LogP contribution in [0.5, 0.6) is 0 Å². The molecule has 2 aromatic carbocycles. The topological polar surface area (TPSA) is 64.4 Å². The lowest BCUT2D eigenvalue weighted by Crippen LogP contribution is -2.48. The SMILES string of the molecule is Cn1cncc1C(=O)C1CC2CCC(C1)N2C(=O)OCC1c2ccccc2-c2ccccc21. The number of hydrogen-bond acceptors (Lipinski definition) is 4. The molecule has 0 saturated carbocycles. The Labute approximate surface area is 193 Å². The Balaban J connectivity index is 1.15. The van der Waals surface area contributed by atoms with Gasteiger partial charge in [-0.05, 0) is 47.9 Å². The lowest BCUT2D eigenvalue weighted by atomic mass is 9.86. The average Bonchev–Trinajstić information content (AvgIpc) is 3.49. The maximum absolute atomic E-state index is 13.2. The van der Waals surface area contributed by atoms with Crippen molar-refractivity contribution in [1.82, 2.24) is 14.5 Å². The molecule has 33 heavy (non-hydrogen) atoms. The van der Waals surface area contributed by atoms with Crippen LogP contribution in [-0.4, -0.2) is 45.0 Å². The first kappa shape index (κ1) is 20.2. The van der Waals surface area contributed by atoms with Crippen LogP contribution in [0.3, 0.4) is 0 Å². The summed E-state index contributed by atoms with van der Waals surface area (Å²) < 4.78 is 7.71. The minimum absolute atomic E-state index is 0.0583. The molecule has 3 heterocycles. The van der Waals surface area contributed by atoms with Crippen LogP contribution in [0.25, 0.3) is 11.1 Å². The van der Waals surface area contributed by atoms with Gasteiger partial charge in [-0.15, -0.1) is 0 Å². The van der Waals surface area contributed by atoms with E-state index in [4.69, 9.17) is 4.74 Å². The van der Waals surface area contributed by atoms with Gasteiger partial charge in [-0.2, -0.15) is 0 Å². The summed E-state index contributed by atoms with van der Waals surface area (Å²) in [7, 11) is 1.85. The highest BCUT2D eigenvalue weighted by Crippen LogP contribution is 2.45. The zero-order chi connectivity index (χ0) is 22.5. The summed E-state index contributed by atoms with van der Waals surface area (Å²) in [6.07, 6.45) is 6.33. The van der Waals surface area contributed by atoms with Crippen molar-refractivity contribution in [2.24, 2.45) is 13.0 Å². The summed E-state index contributed by atoms with van der Waals surface area (Å²) in [5.74, 6) is 0.137.